The Kier molecular flexibility index (Phi) is 4.39. The van der Waals surface area contributed by atoms with Crippen LogP contribution in [0.5, 0.6) is 0 Å². The summed E-state index contributed by atoms with van der Waals surface area (Å²) in [4.78, 5) is 29.1. The highest BCUT2D eigenvalue weighted by molar-refractivity contribution is 5.97. The van der Waals surface area contributed by atoms with Crippen molar-refractivity contribution in [1.29, 1.82) is 0 Å². The van der Waals surface area contributed by atoms with Crippen LogP contribution >= 0.6 is 0 Å². The van der Waals surface area contributed by atoms with Gasteiger partial charge in [-0.15, -0.1) is 0 Å². The number of hydrogen-bond donors (Lipinski definition) is 1. The molecular formula is C18H24N2O3. The molecule has 1 N–H and O–H groups in total. The normalized spacial score (nSPS) is 27.7. The van der Waals surface area contributed by atoms with E-state index in [0.717, 1.165) is 5.56 Å². The number of carbonyl (C=O) groups is 2. The molecular weight excluding hydrogens is 292 g/mol. The van der Waals surface area contributed by atoms with Crippen LogP contribution in [0.4, 0.5) is 0 Å². The van der Waals surface area contributed by atoms with Gasteiger partial charge in [-0.25, -0.2) is 0 Å². The van der Waals surface area contributed by atoms with E-state index in [9.17, 15) is 14.7 Å². The SMILES string of the molecule is CC(C)CC1C(=O)N2C[C@H](O)CC2C(=O)N1Cc1ccccc1. The average Bonchev–Trinajstić information content (AvgIpc) is 2.91. The molecule has 0 aromatic heterocycles. The van der Waals surface area contributed by atoms with E-state index in [0.29, 0.717) is 25.3 Å². The number of hydrogen-bond acceptors (Lipinski definition) is 3. The second kappa shape index (κ2) is 6.32. The maximum atomic E-state index is 12.9. The highest BCUT2D eigenvalue weighted by Gasteiger charge is 2.49. The van der Waals surface area contributed by atoms with Crippen LogP contribution in [-0.2, 0) is 16.1 Å². The van der Waals surface area contributed by atoms with Crippen molar-refractivity contribution in [2.24, 2.45) is 5.92 Å². The summed E-state index contributed by atoms with van der Waals surface area (Å²) in [6.07, 6.45) is 0.408. The molecule has 5 nitrogen and oxygen atoms in total. The molecule has 0 bridgehead atoms. The van der Waals surface area contributed by atoms with Gasteiger partial charge in [0.25, 0.3) is 0 Å². The maximum Gasteiger partial charge on any atom is 0.246 e. The Labute approximate surface area is 136 Å². The number of rotatable bonds is 4. The number of piperazine rings is 1. The Balaban J connectivity index is 1.89. The smallest absolute Gasteiger partial charge is 0.246 e. The minimum Gasteiger partial charge on any atom is -0.391 e. The summed E-state index contributed by atoms with van der Waals surface area (Å²) < 4.78 is 0. The van der Waals surface area contributed by atoms with Gasteiger partial charge in [0.2, 0.25) is 11.8 Å². The summed E-state index contributed by atoms with van der Waals surface area (Å²) in [6, 6.07) is 8.84. The van der Waals surface area contributed by atoms with Gasteiger partial charge in [-0.1, -0.05) is 44.2 Å². The summed E-state index contributed by atoms with van der Waals surface area (Å²) in [5.74, 6) is 0.269. The molecule has 2 saturated heterocycles. The molecule has 5 heteroatoms. The van der Waals surface area contributed by atoms with Gasteiger partial charge in [0.05, 0.1) is 6.10 Å². The number of fused-ring (bicyclic) bond motifs is 1. The van der Waals surface area contributed by atoms with E-state index in [1.807, 2.05) is 30.3 Å². The molecule has 3 rings (SSSR count). The number of aliphatic hydroxyl groups excluding tert-OH is 1. The lowest BCUT2D eigenvalue weighted by molar-refractivity contribution is -0.160. The van der Waals surface area contributed by atoms with Gasteiger partial charge in [0.1, 0.15) is 12.1 Å². The zero-order valence-electron chi connectivity index (χ0n) is 13.7. The van der Waals surface area contributed by atoms with Gasteiger partial charge in [0.15, 0.2) is 0 Å². The van der Waals surface area contributed by atoms with Crippen LogP contribution in [0.2, 0.25) is 0 Å². The van der Waals surface area contributed by atoms with Gasteiger partial charge < -0.3 is 14.9 Å². The summed E-state index contributed by atoms with van der Waals surface area (Å²) in [6.45, 7) is 4.85. The fourth-order valence-corrected chi connectivity index (χ4v) is 3.60. The Hall–Kier alpha value is -1.88. The van der Waals surface area contributed by atoms with Gasteiger partial charge in [-0.05, 0) is 17.9 Å². The van der Waals surface area contributed by atoms with Crippen molar-refractivity contribution in [3.8, 4) is 0 Å². The minimum absolute atomic E-state index is 0.0178. The van der Waals surface area contributed by atoms with Crippen LogP contribution in [0.1, 0.15) is 32.3 Å². The second-order valence-corrected chi connectivity index (χ2v) is 6.99. The molecule has 2 aliphatic rings. The van der Waals surface area contributed by atoms with E-state index >= 15 is 0 Å². The summed E-state index contributed by atoms with van der Waals surface area (Å²) in [5, 5.41) is 9.88. The fourth-order valence-electron chi connectivity index (χ4n) is 3.60. The second-order valence-electron chi connectivity index (χ2n) is 6.99. The largest absolute Gasteiger partial charge is 0.391 e. The number of amides is 2. The highest BCUT2D eigenvalue weighted by Crippen LogP contribution is 2.30. The lowest BCUT2D eigenvalue weighted by Gasteiger charge is -2.42. The molecule has 2 fully saturated rings. The molecule has 2 heterocycles. The monoisotopic (exact) mass is 316 g/mol. The van der Waals surface area contributed by atoms with Crippen molar-refractivity contribution < 1.29 is 14.7 Å². The third kappa shape index (κ3) is 3.11. The van der Waals surface area contributed by atoms with E-state index in [1.54, 1.807) is 9.80 Å². The van der Waals surface area contributed by atoms with Crippen molar-refractivity contribution in [3.05, 3.63) is 35.9 Å². The lowest BCUT2D eigenvalue weighted by Crippen LogP contribution is -2.62. The number of nitrogens with zero attached hydrogens (tertiary/aromatic N) is 2. The Morgan fingerprint density at radius 1 is 1.17 bits per heavy atom. The van der Waals surface area contributed by atoms with Gasteiger partial charge >= 0.3 is 0 Å². The first-order valence-electron chi connectivity index (χ1n) is 8.30. The van der Waals surface area contributed by atoms with Crippen LogP contribution in [0.15, 0.2) is 30.3 Å². The van der Waals surface area contributed by atoms with Crippen LogP contribution in [0, 0.1) is 5.92 Å². The zero-order valence-corrected chi connectivity index (χ0v) is 13.7. The molecule has 1 aromatic carbocycles. The predicted octanol–water partition coefficient (Wildman–Crippen LogP) is 1.41. The standard InChI is InChI=1S/C18H24N2O3/c1-12(2)8-15-17(22)20-11-14(21)9-16(20)18(23)19(15)10-13-6-4-3-5-7-13/h3-7,12,14-16,21H,8-11H2,1-2H3/t14-,15?,16?/m1/s1. The zero-order chi connectivity index (χ0) is 16.6. The first-order valence-corrected chi connectivity index (χ1v) is 8.30. The van der Waals surface area contributed by atoms with Gasteiger partial charge in [-0.3, -0.25) is 9.59 Å². The molecule has 0 radical (unpaired) electrons. The molecule has 1 aromatic rings. The van der Waals surface area contributed by atoms with E-state index in [2.05, 4.69) is 13.8 Å². The Morgan fingerprint density at radius 2 is 1.87 bits per heavy atom. The van der Waals surface area contributed by atoms with Crippen LogP contribution < -0.4 is 0 Å². The molecule has 2 amide bonds. The first kappa shape index (κ1) is 16.0. The molecule has 0 saturated carbocycles. The average molecular weight is 316 g/mol. The number of aliphatic hydroxyl groups is 1. The van der Waals surface area contributed by atoms with Gasteiger partial charge in [0, 0.05) is 19.5 Å². The quantitative estimate of drug-likeness (QED) is 0.913. The third-order valence-corrected chi connectivity index (χ3v) is 4.68. The Morgan fingerprint density at radius 3 is 2.52 bits per heavy atom. The molecule has 3 atom stereocenters. The summed E-state index contributed by atoms with van der Waals surface area (Å²) in [5.41, 5.74) is 1.02. The third-order valence-electron chi connectivity index (χ3n) is 4.68. The predicted molar refractivity (Wildman–Crippen MR) is 86.4 cm³/mol. The van der Waals surface area contributed by atoms with Crippen LogP contribution in [0.25, 0.3) is 0 Å². The highest BCUT2D eigenvalue weighted by atomic mass is 16.3. The summed E-state index contributed by atoms with van der Waals surface area (Å²) >= 11 is 0. The van der Waals surface area contributed by atoms with Crippen molar-refractivity contribution in [3.63, 3.8) is 0 Å². The van der Waals surface area contributed by atoms with Crippen molar-refractivity contribution in [2.45, 2.75) is 51.4 Å². The van der Waals surface area contributed by atoms with Crippen molar-refractivity contribution in [2.75, 3.05) is 6.54 Å². The Bertz CT molecular complexity index is 587. The maximum absolute atomic E-state index is 12.9. The van der Waals surface area contributed by atoms with Crippen LogP contribution in [0.3, 0.4) is 0 Å². The van der Waals surface area contributed by atoms with E-state index in [4.69, 9.17) is 0 Å². The van der Waals surface area contributed by atoms with E-state index in [-0.39, 0.29) is 18.4 Å². The van der Waals surface area contributed by atoms with Crippen molar-refractivity contribution in [1.82, 2.24) is 9.80 Å². The molecule has 0 aliphatic carbocycles. The first-order chi connectivity index (χ1) is 11.0. The van der Waals surface area contributed by atoms with E-state index in [1.165, 1.54) is 0 Å². The molecule has 0 spiro atoms. The topological polar surface area (TPSA) is 60.9 Å². The lowest BCUT2D eigenvalue weighted by atomic mass is 9.96. The molecule has 2 unspecified atom stereocenters. The van der Waals surface area contributed by atoms with Crippen LogP contribution in [-0.4, -0.2) is 51.5 Å². The number of benzene rings is 1. The van der Waals surface area contributed by atoms with Gasteiger partial charge in [-0.2, -0.15) is 0 Å². The fraction of sp³-hybridized carbons (Fsp3) is 0.556. The van der Waals surface area contributed by atoms with E-state index < -0.39 is 18.2 Å². The molecule has 23 heavy (non-hydrogen) atoms. The molecule has 2 aliphatic heterocycles. The minimum atomic E-state index is -0.593. The molecule has 124 valence electrons. The number of carbonyl (C=O) groups excluding carboxylic acids is 2. The van der Waals surface area contributed by atoms with Crippen molar-refractivity contribution >= 4 is 11.8 Å². The summed E-state index contributed by atoms with van der Waals surface area (Å²) in [7, 11) is 0.